The predicted molar refractivity (Wildman–Crippen MR) is 96.9 cm³/mol. The number of nitrogens with zero attached hydrogens (tertiary/aromatic N) is 4. The van der Waals surface area contributed by atoms with Crippen molar-refractivity contribution in [3.63, 3.8) is 0 Å². The van der Waals surface area contributed by atoms with Gasteiger partial charge < -0.3 is 19.5 Å². The standard InChI is InChI=1S/C17H17N5O2S/c23-16(18-14-4-2-1-3-5-14)21-7-9-22(10-8-21)17-19-15(20-25-17)13-6-11-24-12-13/h1-6,11-12H,7-10H2,(H,18,23). The number of piperazine rings is 1. The fourth-order valence-electron chi connectivity index (χ4n) is 2.68. The van der Waals surface area contributed by atoms with Gasteiger partial charge >= 0.3 is 6.03 Å². The third kappa shape index (κ3) is 3.48. The van der Waals surface area contributed by atoms with Crippen molar-refractivity contribution in [3.8, 4) is 11.4 Å². The summed E-state index contributed by atoms with van der Waals surface area (Å²) in [5.74, 6) is 0.679. The highest BCUT2D eigenvalue weighted by Gasteiger charge is 2.23. The van der Waals surface area contributed by atoms with Gasteiger partial charge in [0.05, 0.1) is 11.8 Å². The van der Waals surface area contributed by atoms with Crippen LogP contribution in [0.4, 0.5) is 15.6 Å². The van der Waals surface area contributed by atoms with Gasteiger partial charge in [-0.2, -0.15) is 9.36 Å². The van der Waals surface area contributed by atoms with E-state index in [0.717, 1.165) is 29.5 Å². The van der Waals surface area contributed by atoms with Crippen molar-refractivity contribution in [3.05, 3.63) is 48.9 Å². The number of rotatable bonds is 3. The van der Waals surface area contributed by atoms with Gasteiger partial charge in [0.15, 0.2) is 5.82 Å². The maximum Gasteiger partial charge on any atom is 0.321 e. The number of amides is 2. The lowest BCUT2D eigenvalue weighted by Crippen LogP contribution is -2.50. The van der Waals surface area contributed by atoms with Gasteiger partial charge in [0.25, 0.3) is 0 Å². The lowest BCUT2D eigenvalue weighted by Gasteiger charge is -2.34. The topological polar surface area (TPSA) is 74.5 Å². The van der Waals surface area contributed by atoms with Gasteiger partial charge in [-0.15, -0.1) is 0 Å². The minimum atomic E-state index is -0.0674. The van der Waals surface area contributed by atoms with Gasteiger partial charge in [0.1, 0.15) is 6.26 Å². The van der Waals surface area contributed by atoms with Crippen LogP contribution in [0.25, 0.3) is 11.4 Å². The van der Waals surface area contributed by atoms with Crippen LogP contribution in [0.15, 0.2) is 53.3 Å². The molecule has 7 nitrogen and oxygen atoms in total. The summed E-state index contributed by atoms with van der Waals surface area (Å²) in [6.07, 6.45) is 3.25. The average Bonchev–Trinajstić information content (AvgIpc) is 3.34. The molecule has 1 N–H and O–H groups in total. The van der Waals surface area contributed by atoms with Crippen LogP contribution in [-0.4, -0.2) is 46.5 Å². The van der Waals surface area contributed by atoms with E-state index in [4.69, 9.17) is 4.42 Å². The van der Waals surface area contributed by atoms with Crippen LogP contribution in [0.3, 0.4) is 0 Å². The molecule has 8 heteroatoms. The number of urea groups is 1. The number of carbonyl (C=O) groups excluding carboxylic acids is 1. The SMILES string of the molecule is O=C(Nc1ccccc1)N1CCN(c2nc(-c3ccoc3)ns2)CC1. The van der Waals surface area contributed by atoms with Crippen molar-refractivity contribution >= 4 is 28.4 Å². The van der Waals surface area contributed by atoms with Gasteiger partial charge in [0, 0.05) is 43.4 Å². The Bertz CT molecular complexity index is 826. The number of carbonyl (C=O) groups is 1. The molecule has 0 saturated carbocycles. The van der Waals surface area contributed by atoms with Gasteiger partial charge in [0.2, 0.25) is 5.13 Å². The van der Waals surface area contributed by atoms with Crippen LogP contribution < -0.4 is 10.2 Å². The Morgan fingerprint density at radius 2 is 1.92 bits per heavy atom. The zero-order valence-corrected chi connectivity index (χ0v) is 14.3. The Balaban J connectivity index is 1.34. The molecule has 25 heavy (non-hydrogen) atoms. The Hall–Kier alpha value is -2.87. The van der Waals surface area contributed by atoms with Gasteiger partial charge in [-0.3, -0.25) is 0 Å². The Morgan fingerprint density at radius 1 is 1.12 bits per heavy atom. The predicted octanol–water partition coefficient (Wildman–Crippen LogP) is 3.15. The molecule has 3 heterocycles. The van der Waals surface area contributed by atoms with Gasteiger partial charge in [-0.05, 0) is 18.2 Å². The smallest absolute Gasteiger partial charge is 0.321 e. The van der Waals surface area contributed by atoms with E-state index >= 15 is 0 Å². The van der Waals surface area contributed by atoms with Crippen molar-refractivity contribution in [1.82, 2.24) is 14.3 Å². The van der Waals surface area contributed by atoms with E-state index in [0.29, 0.717) is 18.9 Å². The minimum absolute atomic E-state index is 0.0674. The van der Waals surface area contributed by atoms with Crippen LogP contribution >= 0.6 is 11.5 Å². The highest BCUT2D eigenvalue weighted by molar-refractivity contribution is 7.09. The van der Waals surface area contributed by atoms with E-state index in [1.54, 1.807) is 12.5 Å². The lowest BCUT2D eigenvalue weighted by molar-refractivity contribution is 0.208. The van der Waals surface area contributed by atoms with Gasteiger partial charge in [-0.1, -0.05) is 18.2 Å². The molecule has 0 bridgehead atoms. The number of hydrogen-bond donors (Lipinski definition) is 1. The molecule has 0 aliphatic carbocycles. The fraction of sp³-hybridized carbons (Fsp3) is 0.235. The first kappa shape index (κ1) is 15.6. The summed E-state index contributed by atoms with van der Waals surface area (Å²) in [5, 5.41) is 3.80. The lowest BCUT2D eigenvalue weighted by atomic mass is 10.3. The second-order valence-electron chi connectivity index (χ2n) is 5.68. The number of anilines is 2. The second-order valence-corrected chi connectivity index (χ2v) is 6.41. The molecule has 2 aromatic heterocycles. The number of aromatic nitrogens is 2. The van der Waals surface area contributed by atoms with Crippen molar-refractivity contribution in [2.45, 2.75) is 0 Å². The monoisotopic (exact) mass is 355 g/mol. The molecular formula is C17H17N5O2S. The maximum atomic E-state index is 12.3. The Morgan fingerprint density at radius 3 is 2.64 bits per heavy atom. The quantitative estimate of drug-likeness (QED) is 0.781. The summed E-state index contributed by atoms with van der Waals surface area (Å²) in [5.41, 5.74) is 1.69. The van der Waals surface area contributed by atoms with Crippen LogP contribution in [0, 0.1) is 0 Å². The summed E-state index contributed by atoms with van der Waals surface area (Å²) >= 11 is 1.37. The molecule has 0 atom stereocenters. The summed E-state index contributed by atoms with van der Waals surface area (Å²) in [4.78, 5) is 20.9. The number of para-hydroxylation sites is 1. The van der Waals surface area contributed by atoms with Gasteiger partial charge in [-0.25, -0.2) is 4.79 Å². The summed E-state index contributed by atoms with van der Waals surface area (Å²) < 4.78 is 9.45. The second kappa shape index (κ2) is 6.94. The first-order valence-corrected chi connectivity index (χ1v) is 8.79. The molecule has 3 aromatic rings. The molecule has 0 radical (unpaired) electrons. The first-order chi connectivity index (χ1) is 12.3. The van der Waals surface area contributed by atoms with E-state index in [2.05, 4.69) is 19.6 Å². The van der Waals surface area contributed by atoms with Crippen LogP contribution in [0.2, 0.25) is 0 Å². The van der Waals surface area contributed by atoms with Crippen molar-refractivity contribution in [1.29, 1.82) is 0 Å². The molecule has 1 saturated heterocycles. The van der Waals surface area contributed by atoms with Crippen molar-refractivity contribution in [2.24, 2.45) is 0 Å². The van der Waals surface area contributed by atoms with E-state index in [-0.39, 0.29) is 6.03 Å². The molecule has 1 aliphatic heterocycles. The third-order valence-electron chi connectivity index (χ3n) is 4.06. The maximum absolute atomic E-state index is 12.3. The number of benzene rings is 1. The van der Waals surface area contributed by atoms with E-state index < -0.39 is 0 Å². The molecule has 0 spiro atoms. The number of furan rings is 1. The molecule has 128 valence electrons. The number of hydrogen-bond acceptors (Lipinski definition) is 6. The molecule has 1 aliphatic rings. The van der Waals surface area contributed by atoms with Crippen molar-refractivity contribution < 1.29 is 9.21 Å². The number of nitrogens with one attached hydrogen (secondary N) is 1. The Labute approximate surface area is 149 Å². The molecule has 2 amide bonds. The molecule has 4 rings (SSSR count). The van der Waals surface area contributed by atoms with E-state index in [1.807, 2.05) is 41.3 Å². The van der Waals surface area contributed by atoms with Crippen LogP contribution in [0.1, 0.15) is 0 Å². The molecular weight excluding hydrogens is 338 g/mol. The normalized spacial score (nSPS) is 14.6. The van der Waals surface area contributed by atoms with Crippen LogP contribution in [0.5, 0.6) is 0 Å². The van der Waals surface area contributed by atoms with E-state index in [9.17, 15) is 4.79 Å². The zero-order valence-electron chi connectivity index (χ0n) is 13.5. The highest BCUT2D eigenvalue weighted by Crippen LogP contribution is 2.25. The Kier molecular flexibility index (Phi) is 4.34. The first-order valence-electron chi connectivity index (χ1n) is 8.02. The molecule has 1 aromatic carbocycles. The largest absolute Gasteiger partial charge is 0.472 e. The minimum Gasteiger partial charge on any atom is -0.472 e. The van der Waals surface area contributed by atoms with Crippen LogP contribution in [-0.2, 0) is 0 Å². The summed E-state index contributed by atoms with van der Waals surface area (Å²) in [6, 6.07) is 11.3. The van der Waals surface area contributed by atoms with Crippen molar-refractivity contribution in [2.75, 3.05) is 36.4 Å². The molecule has 1 fully saturated rings. The van der Waals surface area contributed by atoms with E-state index in [1.165, 1.54) is 11.5 Å². The molecule has 0 unspecified atom stereocenters. The third-order valence-corrected chi connectivity index (χ3v) is 4.83. The highest BCUT2D eigenvalue weighted by atomic mass is 32.1. The fourth-order valence-corrected chi connectivity index (χ4v) is 3.42. The summed E-state index contributed by atoms with van der Waals surface area (Å²) in [7, 11) is 0. The summed E-state index contributed by atoms with van der Waals surface area (Å²) in [6.45, 7) is 2.78. The average molecular weight is 355 g/mol. The zero-order chi connectivity index (χ0) is 17.1.